The van der Waals surface area contributed by atoms with Crippen molar-refractivity contribution in [3.8, 4) is 0 Å². The Balaban J connectivity index is 1.66. The number of amides is 1. The van der Waals surface area contributed by atoms with Gasteiger partial charge in [-0.2, -0.15) is 0 Å². The molecule has 1 heterocycles. The van der Waals surface area contributed by atoms with Gasteiger partial charge in [-0.1, -0.05) is 30.3 Å². The van der Waals surface area contributed by atoms with Gasteiger partial charge >= 0.3 is 5.97 Å². The van der Waals surface area contributed by atoms with Gasteiger partial charge in [-0.05, 0) is 44.0 Å². The number of para-hydroxylation sites is 1. The van der Waals surface area contributed by atoms with E-state index in [1.165, 1.54) is 0 Å². The summed E-state index contributed by atoms with van der Waals surface area (Å²) in [7, 11) is 0. The molecular weight excluding hydrogens is 318 g/mol. The first-order valence-corrected chi connectivity index (χ1v) is 7.98. The van der Waals surface area contributed by atoms with Gasteiger partial charge in [-0.25, -0.2) is 4.79 Å². The first-order valence-electron chi connectivity index (χ1n) is 7.98. The molecule has 0 aliphatic carbocycles. The number of nitrogens with one attached hydrogen (secondary N) is 1. The maximum Gasteiger partial charge on any atom is 0.375 e. The molecule has 5 nitrogen and oxygen atoms in total. The van der Waals surface area contributed by atoms with Crippen molar-refractivity contribution in [1.29, 1.82) is 0 Å². The molecule has 0 aliphatic rings. The maximum atomic E-state index is 12.2. The zero-order chi connectivity index (χ0) is 18.0. The third kappa shape index (κ3) is 3.40. The molecule has 1 amide bonds. The van der Waals surface area contributed by atoms with Crippen molar-refractivity contribution in [3.05, 3.63) is 64.9 Å². The molecule has 0 atom stereocenters. The summed E-state index contributed by atoms with van der Waals surface area (Å²) in [5.41, 5.74) is 4.09. The lowest BCUT2D eigenvalue weighted by molar-refractivity contribution is -0.119. The van der Waals surface area contributed by atoms with Crippen molar-refractivity contribution in [3.63, 3.8) is 0 Å². The molecule has 25 heavy (non-hydrogen) atoms. The molecule has 128 valence electrons. The van der Waals surface area contributed by atoms with E-state index < -0.39 is 11.9 Å². The fraction of sp³-hybridized carbons (Fsp3) is 0.200. The van der Waals surface area contributed by atoms with Crippen LogP contribution in [0.3, 0.4) is 0 Å². The summed E-state index contributed by atoms with van der Waals surface area (Å²) in [5, 5.41) is 3.61. The van der Waals surface area contributed by atoms with E-state index in [0.717, 1.165) is 16.5 Å². The van der Waals surface area contributed by atoms with E-state index in [1.807, 2.05) is 50.2 Å². The van der Waals surface area contributed by atoms with E-state index in [1.54, 1.807) is 13.0 Å². The number of hydrogen-bond donors (Lipinski definition) is 1. The summed E-state index contributed by atoms with van der Waals surface area (Å²) in [5.74, 6) is -0.915. The van der Waals surface area contributed by atoms with Crippen LogP contribution in [0.5, 0.6) is 0 Å². The molecule has 0 bridgehead atoms. The molecule has 0 saturated heterocycles. The van der Waals surface area contributed by atoms with Gasteiger partial charge in [-0.15, -0.1) is 0 Å². The van der Waals surface area contributed by atoms with Crippen molar-refractivity contribution >= 4 is 28.5 Å². The second-order valence-corrected chi connectivity index (χ2v) is 5.92. The average Bonchev–Trinajstić information content (AvgIpc) is 2.94. The van der Waals surface area contributed by atoms with E-state index in [9.17, 15) is 9.59 Å². The number of hydrogen-bond acceptors (Lipinski definition) is 4. The van der Waals surface area contributed by atoms with Crippen molar-refractivity contribution in [1.82, 2.24) is 0 Å². The lowest BCUT2D eigenvalue weighted by Crippen LogP contribution is -2.21. The number of anilines is 1. The van der Waals surface area contributed by atoms with E-state index in [2.05, 4.69) is 5.32 Å². The predicted octanol–water partition coefficient (Wildman–Crippen LogP) is 4.15. The Morgan fingerprint density at radius 2 is 1.76 bits per heavy atom. The SMILES string of the molecule is Cc1cccc(NC(=O)COC(=O)c2oc3ccccc3c2C)c1C. The van der Waals surface area contributed by atoms with Crippen LogP contribution >= 0.6 is 0 Å². The quantitative estimate of drug-likeness (QED) is 0.726. The van der Waals surface area contributed by atoms with Gasteiger partial charge in [-0.3, -0.25) is 4.79 Å². The third-order valence-electron chi connectivity index (χ3n) is 4.24. The topological polar surface area (TPSA) is 68.5 Å². The van der Waals surface area contributed by atoms with Crippen LogP contribution in [0.2, 0.25) is 0 Å². The molecule has 0 radical (unpaired) electrons. The minimum atomic E-state index is -0.648. The maximum absolute atomic E-state index is 12.2. The molecule has 2 aromatic carbocycles. The predicted molar refractivity (Wildman–Crippen MR) is 95.8 cm³/mol. The Bertz CT molecular complexity index is 955. The monoisotopic (exact) mass is 337 g/mol. The molecule has 0 aliphatic heterocycles. The van der Waals surface area contributed by atoms with Crippen LogP contribution < -0.4 is 5.32 Å². The van der Waals surface area contributed by atoms with Gasteiger partial charge in [0.25, 0.3) is 5.91 Å². The van der Waals surface area contributed by atoms with E-state index in [4.69, 9.17) is 9.15 Å². The normalized spacial score (nSPS) is 10.7. The number of aryl methyl sites for hydroxylation is 2. The zero-order valence-electron chi connectivity index (χ0n) is 14.4. The second-order valence-electron chi connectivity index (χ2n) is 5.92. The Kier molecular flexibility index (Phi) is 4.57. The molecule has 5 heteroatoms. The van der Waals surface area contributed by atoms with Gasteiger partial charge in [0.05, 0.1) is 0 Å². The summed E-state index contributed by atoms with van der Waals surface area (Å²) < 4.78 is 10.6. The minimum absolute atomic E-state index is 0.126. The first kappa shape index (κ1) is 16.8. The molecule has 0 spiro atoms. The highest BCUT2D eigenvalue weighted by Crippen LogP contribution is 2.25. The highest BCUT2D eigenvalue weighted by atomic mass is 16.5. The van der Waals surface area contributed by atoms with Gasteiger partial charge in [0.15, 0.2) is 6.61 Å². The molecule has 0 unspecified atom stereocenters. The van der Waals surface area contributed by atoms with E-state index in [0.29, 0.717) is 16.8 Å². The third-order valence-corrected chi connectivity index (χ3v) is 4.24. The molecular formula is C20H19NO4. The number of carbonyl (C=O) groups is 2. The van der Waals surface area contributed by atoms with Crippen molar-refractivity contribution < 1.29 is 18.7 Å². The zero-order valence-corrected chi connectivity index (χ0v) is 14.4. The molecule has 1 N–H and O–H groups in total. The summed E-state index contributed by atoms with van der Waals surface area (Å²) >= 11 is 0. The van der Waals surface area contributed by atoms with Gasteiger partial charge in [0, 0.05) is 16.6 Å². The van der Waals surface area contributed by atoms with Crippen LogP contribution in [0.15, 0.2) is 46.9 Å². The van der Waals surface area contributed by atoms with Crippen molar-refractivity contribution in [2.45, 2.75) is 20.8 Å². The van der Waals surface area contributed by atoms with Crippen LogP contribution in [-0.2, 0) is 9.53 Å². The van der Waals surface area contributed by atoms with Crippen molar-refractivity contribution in [2.75, 3.05) is 11.9 Å². The number of benzene rings is 2. The Hall–Kier alpha value is -3.08. The second kappa shape index (κ2) is 6.81. The minimum Gasteiger partial charge on any atom is -0.450 e. The Morgan fingerprint density at radius 3 is 2.52 bits per heavy atom. The fourth-order valence-corrected chi connectivity index (χ4v) is 2.64. The average molecular weight is 337 g/mol. The number of esters is 1. The summed E-state index contributed by atoms with van der Waals surface area (Å²) in [4.78, 5) is 24.3. The standard InChI is InChI=1S/C20H19NO4/c1-12-7-6-9-16(13(12)2)21-18(22)11-24-20(23)19-14(3)15-8-4-5-10-17(15)25-19/h4-10H,11H2,1-3H3,(H,21,22). The molecule has 3 rings (SSSR count). The van der Waals surface area contributed by atoms with Crippen LogP contribution in [0.1, 0.15) is 27.2 Å². The van der Waals surface area contributed by atoms with E-state index in [-0.39, 0.29) is 12.4 Å². The number of carbonyl (C=O) groups excluding carboxylic acids is 2. The lowest BCUT2D eigenvalue weighted by Gasteiger charge is -2.10. The smallest absolute Gasteiger partial charge is 0.375 e. The molecule has 1 aromatic heterocycles. The largest absolute Gasteiger partial charge is 0.450 e. The fourth-order valence-electron chi connectivity index (χ4n) is 2.64. The summed E-state index contributed by atoms with van der Waals surface area (Å²) in [6, 6.07) is 13.0. The molecule has 3 aromatic rings. The highest BCUT2D eigenvalue weighted by Gasteiger charge is 2.20. The van der Waals surface area contributed by atoms with Crippen LogP contribution in [0, 0.1) is 20.8 Å². The Labute approximate surface area is 145 Å². The summed E-state index contributed by atoms with van der Waals surface area (Å²) in [6.07, 6.45) is 0. The van der Waals surface area contributed by atoms with Gasteiger partial charge in [0.2, 0.25) is 5.76 Å². The van der Waals surface area contributed by atoms with Crippen LogP contribution in [-0.4, -0.2) is 18.5 Å². The number of rotatable bonds is 4. The van der Waals surface area contributed by atoms with Crippen LogP contribution in [0.25, 0.3) is 11.0 Å². The first-order chi connectivity index (χ1) is 12.0. The Morgan fingerprint density at radius 1 is 1.00 bits per heavy atom. The number of fused-ring (bicyclic) bond motifs is 1. The van der Waals surface area contributed by atoms with E-state index >= 15 is 0 Å². The molecule has 0 saturated carbocycles. The highest BCUT2D eigenvalue weighted by molar-refractivity contribution is 5.98. The number of ether oxygens (including phenoxy) is 1. The van der Waals surface area contributed by atoms with Crippen molar-refractivity contribution in [2.24, 2.45) is 0 Å². The van der Waals surface area contributed by atoms with Gasteiger partial charge in [0.1, 0.15) is 5.58 Å². The van der Waals surface area contributed by atoms with Crippen LogP contribution in [0.4, 0.5) is 5.69 Å². The lowest BCUT2D eigenvalue weighted by atomic mass is 10.1. The molecule has 0 fully saturated rings. The van der Waals surface area contributed by atoms with Gasteiger partial charge < -0.3 is 14.5 Å². The summed E-state index contributed by atoms with van der Waals surface area (Å²) in [6.45, 7) is 5.31. The number of furan rings is 1.